The van der Waals surface area contributed by atoms with Crippen LogP contribution in [0.1, 0.15) is 51.3 Å². The molecule has 4 rings (SSSR count). The summed E-state index contributed by atoms with van der Waals surface area (Å²) in [6.45, 7) is 2.18. The van der Waals surface area contributed by atoms with Gasteiger partial charge in [0.15, 0.2) is 5.16 Å². The minimum absolute atomic E-state index is 0.0783. The van der Waals surface area contributed by atoms with Crippen LogP contribution in [-0.4, -0.2) is 21.1 Å². The van der Waals surface area contributed by atoms with Crippen LogP contribution in [0.2, 0.25) is 0 Å². The van der Waals surface area contributed by atoms with Gasteiger partial charge < -0.3 is 5.32 Å². The molecule has 1 amide bonds. The normalized spacial score (nSPS) is 11.9. The lowest BCUT2D eigenvalue weighted by atomic mass is 10.0. The standard InChI is InChI=1S/C24H24N4OS2/c1-2-4-17-6-10-19(11-7-17)22(21-5-3-14-30-21)27-23(29)20-12-8-18(9-13-20)15-31-24-25-16-26-28-24/h3,5-14,16,22H,2,4,15H2,1H3,(H,27,29)(H,25,26,28). The molecule has 1 unspecified atom stereocenters. The van der Waals surface area contributed by atoms with Crippen LogP contribution in [-0.2, 0) is 12.2 Å². The first-order valence-electron chi connectivity index (χ1n) is 10.2. The maximum atomic E-state index is 13.0. The Hall–Kier alpha value is -2.90. The molecular formula is C24H24N4OS2. The van der Waals surface area contributed by atoms with Gasteiger partial charge in [-0.05, 0) is 46.7 Å². The number of nitrogens with one attached hydrogen (secondary N) is 2. The second kappa shape index (κ2) is 10.4. The molecule has 0 aliphatic heterocycles. The fourth-order valence-electron chi connectivity index (χ4n) is 3.32. The zero-order chi connectivity index (χ0) is 21.5. The van der Waals surface area contributed by atoms with Gasteiger partial charge >= 0.3 is 0 Å². The molecule has 4 aromatic rings. The number of thioether (sulfide) groups is 1. The largest absolute Gasteiger partial charge is 0.340 e. The van der Waals surface area contributed by atoms with Crippen molar-refractivity contribution in [2.45, 2.75) is 36.7 Å². The summed E-state index contributed by atoms with van der Waals surface area (Å²) in [5.74, 6) is 0.685. The molecule has 0 saturated carbocycles. The van der Waals surface area contributed by atoms with Gasteiger partial charge in [0.25, 0.3) is 5.91 Å². The van der Waals surface area contributed by atoms with Gasteiger partial charge in [-0.1, -0.05) is 67.6 Å². The maximum absolute atomic E-state index is 13.0. The highest BCUT2D eigenvalue weighted by molar-refractivity contribution is 7.98. The second-order valence-electron chi connectivity index (χ2n) is 7.19. The van der Waals surface area contributed by atoms with Gasteiger partial charge in [-0.3, -0.25) is 9.89 Å². The van der Waals surface area contributed by atoms with Crippen molar-refractivity contribution in [1.82, 2.24) is 20.5 Å². The van der Waals surface area contributed by atoms with Crippen molar-refractivity contribution in [2.75, 3.05) is 0 Å². The van der Waals surface area contributed by atoms with Crippen molar-refractivity contribution in [3.63, 3.8) is 0 Å². The molecular weight excluding hydrogens is 424 g/mol. The van der Waals surface area contributed by atoms with E-state index in [0.717, 1.165) is 39.8 Å². The predicted molar refractivity (Wildman–Crippen MR) is 126 cm³/mol. The molecule has 0 aliphatic rings. The van der Waals surface area contributed by atoms with E-state index in [-0.39, 0.29) is 11.9 Å². The number of rotatable bonds is 9. The first kappa shape index (κ1) is 21.3. The number of carbonyl (C=O) groups is 1. The van der Waals surface area contributed by atoms with Gasteiger partial charge in [-0.25, -0.2) is 4.98 Å². The first-order chi connectivity index (χ1) is 15.2. The summed E-state index contributed by atoms with van der Waals surface area (Å²) in [5.41, 5.74) is 4.19. The molecule has 5 nitrogen and oxygen atoms in total. The van der Waals surface area contributed by atoms with Crippen molar-refractivity contribution in [1.29, 1.82) is 0 Å². The average Bonchev–Trinajstić information content (AvgIpc) is 3.52. The zero-order valence-electron chi connectivity index (χ0n) is 17.2. The van der Waals surface area contributed by atoms with Gasteiger partial charge in [0, 0.05) is 16.2 Å². The summed E-state index contributed by atoms with van der Waals surface area (Å²) in [7, 11) is 0. The summed E-state index contributed by atoms with van der Waals surface area (Å²) in [5, 5.41) is 12.7. The lowest BCUT2D eigenvalue weighted by Crippen LogP contribution is -2.28. The maximum Gasteiger partial charge on any atom is 0.252 e. The Labute approximate surface area is 190 Å². The Morgan fingerprint density at radius 3 is 2.52 bits per heavy atom. The highest BCUT2D eigenvalue weighted by atomic mass is 32.2. The second-order valence-corrected chi connectivity index (χ2v) is 9.13. The summed E-state index contributed by atoms with van der Waals surface area (Å²) in [4.78, 5) is 18.2. The van der Waals surface area contributed by atoms with Gasteiger partial charge in [0.1, 0.15) is 6.33 Å². The third-order valence-corrected chi connectivity index (χ3v) is 6.82. The van der Waals surface area contributed by atoms with Gasteiger partial charge in [-0.2, -0.15) is 5.10 Å². The van der Waals surface area contributed by atoms with E-state index in [9.17, 15) is 4.79 Å². The van der Waals surface area contributed by atoms with Crippen LogP contribution in [0.4, 0.5) is 0 Å². The smallest absolute Gasteiger partial charge is 0.252 e. The molecule has 31 heavy (non-hydrogen) atoms. The molecule has 0 fully saturated rings. The molecule has 158 valence electrons. The monoisotopic (exact) mass is 448 g/mol. The van der Waals surface area contributed by atoms with E-state index in [1.807, 2.05) is 35.7 Å². The van der Waals surface area contributed by atoms with Gasteiger partial charge in [0.2, 0.25) is 0 Å². The molecule has 2 heterocycles. The number of hydrogen-bond acceptors (Lipinski definition) is 5. The van der Waals surface area contributed by atoms with Crippen molar-refractivity contribution in [3.8, 4) is 0 Å². The van der Waals surface area contributed by atoms with E-state index in [4.69, 9.17) is 0 Å². The molecule has 0 saturated heterocycles. The van der Waals surface area contributed by atoms with Gasteiger partial charge in [0.05, 0.1) is 6.04 Å². The van der Waals surface area contributed by atoms with E-state index in [0.29, 0.717) is 5.56 Å². The Kier molecular flexibility index (Phi) is 7.17. The summed E-state index contributed by atoms with van der Waals surface area (Å²) >= 11 is 3.23. The number of aromatic nitrogens is 3. The van der Waals surface area contributed by atoms with Crippen molar-refractivity contribution in [2.24, 2.45) is 0 Å². The van der Waals surface area contributed by atoms with Crippen LogP contribution in [0.15, 0.2) is 77.5 Å². The molecule has 2 N–H and O–H groups in total. The minimum atomic E-state index is -0.162. The number of thiophene rings is 1. The number of nitrogens with zero attached hydrogens (tertiary/aromatic N) is 2. The highest BCUT2D eigenvalue weighted by Crippen LogP contribution is 2.27. The highest BCUT2D eigenvalue weighted by Gasteiger charge is 2.19. The van der Waals surface area contributed by atoms with Crippen molar-refractivity contribution < 1.29 is 4.79 Å². The van der Waals surface area contributed by atoms with Crippen LogP contribution >= 0.6 is 23.1 Å². The minimum Gasteiger partial charge on any atom is -0.340 e. The Balaban J connectivity index is 1.45. The summed E-state index contributed by atoms with van der Waals surface area (Å²) in [6.07, 6.45) is 3.69. The molecule has 0 aliphatic carbocycles. The van der Waals surface area contributed by atoms with Crippen molar-refractivity contribution >= 4 is 29.0 Å². The van der Waals surface area contributed by atoms with Crippen LogP contribution in [0.3, 0.4) is 0 Å². The lowest BCUT2D eigenvalue weighted by molar-refractivity contribution is 0.0943. The van der Waals surface area contributed by atoms with Crippen LogP contribution in [0.25, 0.3) is 0 Å². The molecule has 0 bridgehead atoms. The number of carbonyl (C=O) groups excluding carboxylic acids is 1. The van der Waals surface area contributed by atoms with E-state index in [1.54, 1.807) is 23.1 Å². The zero-order valence-corrected chi connectivity index (χ0v) is 18.9. The summed E-state index contributed by atoms with van der Waals surface area (Å²) < 4.78 is 0. The van der Waals surface area contributed by atoms with Crippen LogP contribution < -0.4 is 5.32 Å². The molecule has 2 aromatic heterocycles. The Bertz CT molecular complexity index is 1080. The first-order valence-corrected chi connectivity index (χ1v) is 12.1. The molecule has 7 heteroatoms. The van der Waals surface area contributed by atoms with E-state index in [2.05, 4.69) is 57.8 Å². The Morgan fingerprint density at radius 2 is 1.87 bits per heavy atom. The third kappa shape index (κ3) is 5.62. The lowest BCUT2D eigenvalue weighted by Gasteiger charge is -2.19. The third-order valence-electron chi connectivity index (χ3n) is 4.94. The fourth-order valence-corrected chi connectivity index (χ4v) is 4.86. The number of aromatic amines is 1. The van der Waals surface area contributed by atoms with E-state index < -0.39 is 0 Å². The number of hydrogen-bond donors (Lipinski definition) is 2. The van der Waals surface area contributed by atoms with Crippen molar-refractivity contribution in [3.05, 3.63) is 99.5 Å². The molecule has 1 atom stereocenters. The molecule has 0 spiro atoms. The fraction of sp³-hybridized carbons (Fsp3) is 0.208. The van der Waals surface area contributed by atoms with Crippen LogP contribution in [0, 0.1) is 0 Å². The Morgan fingerprint density at radius 1 is 1.10 bits per heavy atom. The average molecular weight is 449 g/mol. The van der Waals surface area contributed by atoms with E-state index in [1.165, 1.54) is 11.9 Å². The van der Waals surface area contributed by atoms with E-state index >= 15 is 0 Å². The SMILES string of the molecule is CCCc1ccc(C(NC(=O)c2ccc(CSc3ncn[nH]3)cc2)c2cccs2)cc1. The quantitative estimate of drug-likeness (QED) is 0.326. The summed E-state index contributed by atoms with van der Waals surface area (Å²) in [6, 6.07) is 20.2. The number of amides is 1. The molecule has 2 aromatic carbocycles. The van der Waals surface area contributed by atoms with Gasteiger partial charge in [-0.15, -0.1) is 11.3 Å². The number of H-pyrrole nitrogens is 1. The molecule has 0 radical (unpaired) electrons. The van der Waals surface area contributed by atoms with Crippen LogP contribution in [0.5, 0.6) is 0 Å². The number of benzene rings is 2. The number of aryl methyl sites for hydroxylation is 1. The topological polar surface area (TPSA) is 70.7 Å². The predicted octanol–water partition coefficient (Wildman–Crippen LogP) is 5.63.